The van der Waals surface area contributed by atoms with Crippen molar-refractivity contribution < 1.29 is 24.2 Å². The van der Waals surface area contributed by atoms with Gasteiger partial charge in [0.15, 0.2) is 0 Å². The molecule has 2 fully saturated rings. The van der Waals surface area contributed by atoms with Crippen molar-refractivity contribution in [1.82, 2.24) is 4.90 Å². The molecule has 6 atom stereocenters. The summed E-state index contributed by atoms with van der Waals surface area (Å²) < 4.78 is 4.62. The first-order valence-electron chi connectivity index (χ1n) is 13.9. The summed E-state index contributed by atoms with van der Waals surface area (Å²) in [5.41, 5.74) is 3.76. The summed E-state index contributed by atoms with van der Waals surface area (Å²) >= 11 is 1.52. The molecule has 0 aliphatic carbocycles. The maximum Gasteiger partial charge on any atom is 0.311 e. The van der Waals surface area contributed by atoms with Crippen LogP contribution in [0.1, 0.15) is 23.1 Å². The van der Waals surface area contributed by atoms with E-state index in [0.29, 0.717) is 19.4 Å². The number of aliphatic hydroxyl groups is 1. The quantitative estimate of drug-likeness (QED) is 0.446. The van der Waals surface area contributed by atoms with Crippen molar-refractivity contribution in [2.45, 2.75) is 48.8 Å². The third kappa shape index (κ3) is 4.29. The molecule has 2 aromatic carbocycles. The Morgan fingerprint density at radius 1 is 1.07 bits per heavy atom. The predicted molar refractivity (Wildman–Crippen MR) is 155 cm³/mol. The minimum Gasteiger partial charge on any atom is -0.465 e. The third-order valence-electron chi connectivity index (χ3n) is 8.63. The van der Waals surface area contributed by atoms with Gasteiger partial charge in [0.05, 0.1) is 35.8 Å². The summed E-state index contributed by atoms with van der Waals surface area (Å²) in [6.45, 7) is 4.30. The Bertz CT molecular complexity index is 1390. The van der Waals surface area contributed by atoms with Gasteiger partial charge in [-0.1, -0.05) is 66.8 Å². The molecule has 4 aliphatic rings. The number of aryl methyl sites for hydroxylation is 2. The van der Waals surface area contributed by atoms with Crippen molar-refractivity contribution in [3.05, 3.63) is 89.5 Å². The fourth-order valence-corrected chi connectivity index (χ4v) is 8.79. The lowest BCUT2D eigenvalue weighted by molar-refractivity contribution is -0.153. The molecular weight excluding hydrogens is 524 g/mol. The van der Waals surface area contributed by atoms with Crippen LogP contribution in [0, 0.1) is 25.7 Å². The molecule has 2 saturated heterocycles. The van der Waals surface area contributed by atoms with Gasteiger partial charge in [0, 0.05) is 17.5 Å². The number of hydrogen-bond acceptors (Lipinski definition) is 6. The van der Waals surface area contributed by atoms with E-state index < -0.39 is 34.6 Å². The number of carbonyl (C=O) groups excluding carboxylic acids is 3. The molecule has 2 aromatic rings. The fourth-order valence-electron chi connectivity index (χ4n) is 6.80. The van der Waals surface area contributed by atoms with E-state index in [1.165, 1.54) is 11.8 Å². The molecule has 8 heteroatoms. The van der Waals surface area contributed by atoms with Crippen molar-refractivity contribution in [3.8, 4) is 0 Å². The van der Waals surface area contributed by atoms with Gasteiger partial charge in [-0.05, 0) is 49.4 Å². The molecule has 2 amide bonds. The lowest BCUT2D eigenvalue weighted by atomic mass is 9.78. The Labute approximate surface area is 238 Å². The van der Waals surface area contributed by atoms with E-state index in [1.807, 2.05) is 86.7 Å². The summed E-state index contributed by atoms with van der Waals surface area (Å²) in [7, 11) is 0. The second kappa shape index (κ2) is 10.6. The minimum absolute atomic E-state index is 0.194. The number of aliphatic hydroxyl groups excluding tert-OH is 1. The molecular formula is C32H34N2O5S. The van der Waals surface area contributed by atoms with Gasteiger partial charge < -0.3 is 19.6 Å². The number of hydrogen-bond donors (Lipinski definition) is 1. The normalized spacial score (nSPS) is 30.2. The van der Waals surface area contributed by atoms with Crippen molar-refractivity contribution >= 4 is 35.2 Å². The summed E-state index contributed by atoms with van der Waals surface area (Å²) in [5, 5.41) is 10.4. The first kappa shape index (κ1) is 26.8. The van der Waals surface area contributed by atoms with E-state index in [9.17, 15) is 19.5 Å². The van der Waals surface area contributed by atoms with Gasteiger partial charge in [-0.2, -0.15) is 0 Å². The lowest BCUT2D eigenvalue weighted by Gasteiger charge is -2.39. The Hall–Kier alpha value is -3.36. The van der Waals surface area contributed by atoms with Crippen LogP contribution >= 0.6 is 11.8 Å². The highest BCUT2D eigenvalue weighted by Crippen LogP contribution is 2.61. The summed E-state index contributed by atoms with van der Waals surface area (Å²) in [4.78, 5) is 46.0. The van der Waals surface area contributed by atoms with Gasteiger partial charge in [0.25, 0.3) is 5.91 Å². The Kier molecular flexibility index (Phi) is 7.09. The van der Waals surface area contributed by atoms with Gasteiger partial charge in [0.2, 0.25) is 5.91 Å². The first-order chi connectivity index (χ1) is 19.4. The van der Waals surface area contributed by atoms with Crippen LogP contribution in [0.2, 0.25) is 0 Å². The summed E-state index contributed by atoms with van der Waals surface area (Å²) in [6, 6.07) is 14.2. The highest BCUT2D eigenvalue weighted by atomic mass is 32.2. The number of anilines is 1. The number of carbonyl (C=O) groups is 3. The molecule has 0 bridgehead atoms. The minimum atomic E-state index is -0.964. The number of thioether (sulfide) groups is 1. The van der Waals surface area contributed by atoms with Crippen molar-refractivity contribution in [2.24, 2.45) is 11.8 Å². The number of ether oxygens (including phenoxy) is 1. The number of fused-ring (bicyclic) bond motifs is 2. The molecule has 6 rings (SSSR count). The zero-order chi connectivity index (χ0) is 28.0. The number of benzene rings is 2. The Morgan fingerprint density at radius 2 is 1.88 bits per heavy atom. The first-order valence-corrected chi connectivity index (χ1v) is 14.8. The monoisotopic (exact) mass is 558 g/mol. The van der Waals surface area contributed by atoms with Gasteiger partial charge >= 0.3 is 5.97 Å². The molecule has 208 valence electrons. The molecule has 0 aromatic heterocycles. The second-order valence-electron chi connectivity index (χ2n) is 11.1. The van der Waals surface area contributed by atoms with E-state index in [4.69, 9.17) is 4.74 Å². The fraction of sp³-hybridized carbons (Fsp3) is 0.406. The van der Waals surface area contributed by atoms with Gasteiger partial charge in [-0.15, -0.1) is 11.8 Å². The molecule has 1 spiro atoms. The van der Waals surface area contributed by atoms with E-state index in [1.54, 1.807) is 9.80 Å². The van der Waals surface area contributed by atoms with Gasteiger partial charge in [0.1, 0.15) is 6.04 Å². The second-order valence-corrected chi connectivity index (χ2v) is 12.6. The molecule has 40 heavy (non-hydrogen) atoms. The average Bonchev–Trinajstić information content (AvgIpc) is 3.33. The van der Waals surface area contributed by atoms with Crippen LogP contribution in [0.5, 0.6) is 0 Å². The van der Waals surface area contributed by atoms with Crippen LogP contribution in [0.15, 0.2) is 72.8 Å². The molecule has 0 radical (unpaired) electrons. The number of amides is 2. The van der Waals surface area contributed by atoms with Gasteiger partial charge in [-0.25, -0.2) is 0 Å². The number of nitrogens with zero attached hydrogens (tertiary/aromatic N) is 2. The van der Waals surface area contributed by atoms with Crippen molar-refractivity contribution in [2.75, 3.05) is 24.7 Å². The number of cyclic esters (lactones) is 1. The molecule has 4 aliphatic heterocycles. The maximum absolute atomic E-state index is 14.7. The van der Waals surface area contributed by atoms with Gasteiger partial charge in [-0.3, -0.25) is 14.4 Å². The van der Waals surface area contributed by atoms with E-state index in [2.05, 4.69) is 0 Å². The number of likely N-dealkylation sites (tertiary alicyclic amines) is 1. The molecule has 4 heterocycles. The molecule has 0 saturated carbocycles. The van der Waals surface area contributed by atoms with Crippen LogP contribution in [-0.2, 0) is 25.5 Å². The lowest BCUT2D eigenvalue weighted by Crippen LogP contribution is -2.57. The summed E-state index contributed by atoms with van der Waals surface area (Å²) in [5.74, 6) is -2.33. The zero-order valence-electron chi connectivity index (χ0n) is 22.7. The zero-order valence-corrected chi connectivity index (χ0v) is 23.5. The maximum atomic E-state index is 14.7. The SMILES string of the molecule is Cc1ccc(C)c(N2CC=C[C@]34S[C@H]5C=CCCOC(=O)[C@H]5[C@H]3C(=O)N([C@@H](CO)Cc3ccccc3)C4C2=O)c1. The topological polar surface area (TPSA) is 87.2 Å². The average molecular weight is 559 g/mol. The van der Waals surface area contributed by atoms with Crippen LogP contribution in [-0.4, -0.2) is 69.6 Å². The van der Waals surface area contributed by atoms with Crippen LogP contribution in [0.25, 0.3) is 0 Å². The standard InChI is InChI=1S/C32H34N2O5S/c1-20-12-13-21(2)24(17-20)33-15-8-14-32-27(26-25(40-32)11-6-7-16-39-31(26)38)29(36)34(28(32)30(33)37)23(19-35)18-22-9-4-3-5-10-22/h3-6,8-14,17,23,25-28,35H,7,15-16,18-19H2,1-2H3/t23-,25+,26-,27+,28?,32+/m1/s1. The van der Waals surface area contributed by atoms with E-state index >= 15 is 0 Å². The molecule has 1 N–H and O–H groups in total. The Morgan fingerprint density at radius 3 is 2.65 bits per heavy atom. The predicted octanol–water partition coefficient (Wildman–Crippen LogP) is 3.61. The number of rotatable bonds is 5. The molecule has 1 unspecified atom stereocenters. The van der Waals surface area contributed by atoms with Crippen LogP contribution in [0.4, 0.5) is 5.69 Å². The smallest absolute Gasteiger partial charge is 0.311 e. The van der Waals surface area contributed by atoms with Crippen LogP contribution in [0.3, 0.4) is 0 Å². The largest absolute Gasteiger partial charge is 0.465 e. The summed E-state index contributed by atoms with van der Waals surface area (Å²) in [6.07, 6.45) is 8.99. The highest BCUT2D eigenvalue weighted by molar-refractivity contribution is 8.02. The molecule has 7 nitrogen and oxygen atoms in total. The Balaban J connectivity index is 1.49. The highest BCUT2D eigenvalue weighted by Gasteiger charge is 2.71. The van der Waals surface area contributed by atoms with Crippen molar-refractivity contribution in [3.63, 3.8) is 0 Å². The van der Waals surface area contributed by atoms with Crippen LogP contribution < -0.4 is 4.90 Å². The van der Waals surface area contributed by atoms with Crippen molar-refractivity contribution in [1.29, 1.82) is 0 Å². The van der Waals surface area contributed by atoms with E-state index in [-0.39, 0.29) is 30.3 Å². The number of esters is 1. The van der Waals surface area contributed by atoms with E-state index in [0.717, 1.165) is 22.4 Å². The third-order valence-corrected chi connectivity index (χ3v) is 10.4.